The minimum Gasteiger partial charge on any atom is -0.441 e. The Labute approximate surface area is 171 Å². The fourth-order valence-electron chi connectivity index (χ4n) is 4.21. The minimum atomic E-state index is -0.987. The van der Waals surface area contributed by atoms with Crippen LogP contribution >= 0.6 is 0 Å². The number of azide groups is 3. The van der Waals surface area contributed by atoms with Crippen molar-refractivity contribution in [2.24, 2.45) is 15.3 Å². The van der Waals surface area contributed by atoms with Crippen LogP contribution in [-0.4, -0.2) is 80.5 Å². The zero-order valence-corrected chi connectivity index (χ0v) is 16.5. The fraction of sp³-hybridized carbons (Fsp3) is 0.933. The van der Waals surface area contributed by atoms with Crippen LogP contribution in [0.25, 0.3) is 31.3 Å². The Morgan fingerprint density at radius 2 is 1.90 bits per heavy atom. The summed E-state index contributed by atoms with van der Waals surface area (Å²) in [5.74, 6) is 0. The fourth-order valence-corrected chi connectivity index (χ4v) is 4.21. The lowest BCUT2D eigenvalue weighted by Gasteiger charge is -2.44. The molecule has 0 aromatic rings. The van der Waals surface area contributed by atoms with Gasteiger partial charge in [-0.1, -0.05) is 15.3 Å². The van der Waals surface area contributed by atoms with Crippen molar-refractivity contribution in [1.29, 1.82) is 0 Å². The maximum Gasteiger partial charge on any atom is 0.410 e. The Hall–Kier alpha value is -2.92. The van der Waals surface area contributed by atoms with E-state index in [0.717, 1.165) is 0 Å². The number of carbonyl (C=O) groups is 1. The van der Waals surface area contributed by atoms with Gasteiger partial charge in [0.15, 0.2) is 12.4 Å². The van der Waals surface area contributed by atoms with Gasteiger partial charge in [-0.2, -0.15) is 0 Å². The van der Waals surface area contributed by atoms with E-state index in [4.69, 9.17) is 35.5 Å². The Morgan fingerprint density at radius 1 is 1.17 bits per heavy atom. The molecular formula is C15H22N10O5. The highest BCUT2D eigenvalue weighted by Gasteiger charge is 2.56. The zero-order chi connectivity index (χ0) is 21.7. The van der Waals surface area contributed by atoms with Crippen molar-refractivity contribution in [3.8, 4) is 0 Å². The number of methoxy groups -OCH3 is 1. The van der Waals surface area contributed by atoms with Crippen molar-refractivity contribution in [3.05, 3.63) is 31.3 Å². The van der Waals surface area contributed by atoms with E-state index in [2.05, 4.69) is 30.1 Å². The van der Waals surface area contributed by atoms with E-state index in [1.807, 2.05) is 0 Å². The van der Waals surface area contributed by atoms with Crippen molar-refractivity contribution < 1.29 is 23.7 Å². The second-order valence-electron chi connectivity index (χ2n) is 7.22. The number of hydrogen-bond donors (Lipinski definition) is 0. The molecule has 30 heavy (non-hydrogen) atoms. The molecule has 15 nitrogen and oxygen atoms in total. The molecule has 0 radical (unpaired) electrons. The van der Waals surface area contributed by atoms with Crippen LogP contribution in [0.1, 0.15) is 19.3 Å². The van der Waals surface area contributed by atoms with Crippen molar-refractivity contribution >= 4 is 6.09 Å². The first-order valence-electron chi connectivity index (χ1n) is 9.40. The van der Waals surface area contributed by atoms with Gasteiger partial charge in [-0.15, -0.1) is 0 Å². The number of ether oxygens (including phenoxy) is 4. The highest BCUT2D eigenvalue weighted by atomic mass is 16.7. The van der Waals surface area contributed by atoms with E-state index in [1.165, 1.54) is 12.0 Å². The van der Waals surface area contributed by atoms with E-state index >= 15 is 0 Å². The van der Waals surface area contributed by atoms with Gasteiger partial charge in [0.2, 0.25) is 0 Å². The molecule has 15 heteroatoms. The molecule has 162 valence electrons. The summed E-state index contributed by atoms with van der Waals surface area (Å²) >= 11 is 0. The normalized spacial score (nSPS) is 37.8. The van der Waals surface area contributed by atoms with Gasteiger partial charge in [0.25, 0.3) is 0 Å². The van der Waals surface area contributed by atoms with Crippen LogP contribution in [-0.2, 0) is 18.9 Å². The third kappa shape index (κ3) is 4.31. The molecule has 0 N–H and O–H groups in total. The molecule has 1 saturated carbocycles. The van der Waals surface area contributed by atoms with Gasteiger partial charge in [-0.05, 0) is 35.9 Å². The lowest BCUT2D eigenvalue weighted by atomic mass is 9.83. The van der Waals surface area contributed by atoms with Gasteiger partial charge in [0.05, 0.1) is 30.8 Å². The van der Waals surface area contributed by atoms with Gasteiger partial charge < -0.3 is 23.8 Å². The molecule has 0 unspecified atom stereocenters. The number of hydrogen-bond acceptors (Lipinski definition) is 8. The first kappa shape index (κ1) is 21.8. The zero-order valence-electron chi connectivity index (χ0n) is 16.5. The molecule has 0 bridgehead atoms. The molecular weight excluding hydrogens is 400 g/mol. The first-order chi connectivity index (χ1) is 14.5. The average molecular weight is 422 g/mol. The van der Waals surface area contributed by atoms with E-state index in [0.29, 0.717) is 19.3 Å². The maximum absolute atomic E-state index is 12.2. The highest BCUT2D eigenvalue weighted by Crippen LogP contribution is 2.38. The van der Waals surface area contributed by atoms with Crippen LogP contribution in [0.5, 0.6) is 0 Å². The van der Waals surface area contributed by atoms with Gasteiger partial charge in [0, 0.05) is 28.9 Å². The van der Waals surface area contributed by atoms with Crippen molar-refractivity contribution in [3.63, 3.8) is 0 Å². The lowest BCUT2D eigenvalue weighted by molar-refractivity contribution is -0.245. The van der Waals surface area contributed by atoms with Crippen LogP contribution in [0, 0.1) is 0 Å². The molecule has 8 atom stereocenters. The predicted octanol–water partition coefficient (Wildman–Crippen LogP) is 2.78. The second-order valence-corrected chi connectivity index (χ2v) is 7.22. The summed E-state index contributed by atoms with van der Waals surface area (Å²) in [5, 5.41) is 11.1. The first-order valence-corrected chi connectivity index (χ1v) is 9.40. The van der Waals surface area contributed by atoms with Crippen LogP contribution in [0.3, 0.4) is 0 Å². The van der Waals surface area contributed by atoms with Gasteiger partial charge in [-0.3, -0.25) is 0 Å². The van der Waals surface area contributed by atoms with E-state index in [1.54, 1.807) is 7.05 Å². The smallest absolute Gasteiger partial charge is 0.410 e. The van der Waals surface area contributed by atoms with Crippen molar-refractivity contribution in [2.45, 2.75) is 68.1 Å². The van der Waals surface area contributed by atoms with E-state index in [9.17, 15) is 4.79 Å². The van der Waals surface area contributed by atoms with Crippen molar-refractivity contribution in [2.75, 3.05) is 20.7 Å². The molecule has 2 saturated heterocycles. The summed E-state index contributed by atoms with van der Waals surface area (Å²) in [7, 11) is 3.11. The number of amides is 1. The monoisotopic (exact) mass is 422 g/mol. The molecule has 0 aromatic heterocycles. The molecule has 0 spiro atoms. The number of likely N-dealkylation sites (N-methyl/N-ethyl adjacent to an activating group) is 1. The van der Waals surface area contributed by atoms with Gasteiger partial charge in [-0.25, -0.2) is 4.79 Å². The second kappa shape index (κ2) is 9.72. The van der Waals surface area contributed by atoms with Crippen LogP contribution in [0.15, 0.2) is 15.3 Å². The number of rotatable bonds is 7. The minimum absolute atomic E-state index is 0.0965. The van der Waals surface area contributed by atoms with E-state index < -0.39 is 54.9 Å². The molecule has 2 aliphatic heterocycles. The number of nitrogens with zero attached hydrogens (tertiary/aromatic N) is 10. The third-order valence-electron chi connectivity index (χ3n) is 5.63. The maximum atomic E-state index is 12.2. The highest BCUT2D eigenvalue weighted by molar-refractivity contribution is 5.70. The predicted molar refractivity (Wildman–Crippen MR) is 99.9 cm³/mol. The SMILES string of the molecule is CO[C@H]1C[C@H](N=[N+]=[N-])[C@@H](O[C@H]2O[C@H](CN=[N+]=[N-])CC[C@@H]2N=[N+]=[N-])[C@@H]2OC(=O)N(C)[C@@H]21. The summed E-state index contributed by atoms with van der Waals surface area (Å²) in [5.41, 5.74) is 26.5. The number of fused-ring (bicyclic) bond motifs is 1. The lowest BCUT2D eigenvalue weighted by Crippen LogP contribution is -2.60. The molecule has 3 rings (SSSR count). The Kier molecular flexibility index (Phi) is 7.06. The third-order valence-corrected chi connectivity index (χ3v) is 5.63. The average Bonchev–Trinajstić information content (AvgIpc) is 3.04. The van der Waals surface area contributed by atoms with Gasteiger partial charge in [0.1, 0.15) is 12.1 Å². The quantitative estimate of drug-likeness (QED) is 0.343. The number of carbonyl (C=O) groups excluding carboxylic acids is 1. The van der Waals surface area contributed by atoms with Crippen LogP contribution in [0.4, 0.5) is 4.79 Å². The summed E-state index contributed by atoms with van der Waals surface area (Å²) in [6.07, 6.45) is -2.71. The molecule has 3 aliphatic rings. The standard InChI is InChI=1S/C15H22N10O5/c1-25-11-10(27-2)5-9(21-24-18)12(13(11)30-15(25)26)29-14-8(20-23-17)4-3-7(28-14)6-19-22-16/h7-14H,3-6H2,1-2H3/t7-,8-,9-,10-,11+,12+,13+,14+/m0/s1. The molecule has 1 amide bonds. The molecule has 0 aromatic carbocycles. The summed E-state index contributed by atoms with van der Waals surface area (Å²) < 4.78 is 23.0. The topological polar surface area (TPSA) is 204 Å². The summed E-state index contributed by atoms with van der Waals surface area (Å²) in [4.78, 5) is 22.1. The van der Waals surface area contributed by atoms with Crippen LogP contribution in [0.2, 0.25) is 0 Å². The Bertz CT molecular complexity index is 793. The molecule has 3 fully saturated rings. The van der Waals surface area contributed by atoms with Gasteiger partial charge >= 0.3 is 6.09 Å². The summed E-state index contributed by atoms with van der Waals surface area (Å²) in [6.45, 7) is 0.0965. The van der Waals surface area contributed by atoms with Crippen LogP contribution < -0.4 is 0 Å². The molecule has 1 aliphatic carbocycles. The molecule has 2 heterocycles. The summed E-state index contributed by atoms with van der Waals surface area (Å²) in [6, 6.07) is -1.79. The van der Waals surface area contributed by atoms with Crippen molar-refractivity contribution in [1.82, 2.24) is 4.90 Å². The Morgan fingerprint density at radius 3 is 2.57 bits per heavy atom. The van der Waals surface area contributed by atoms with E-state index in [-0.39, 0.29) is 6.54 Å². The largest absolute Gasteiger partial charge is 0.441 e. The Balaban J connectivity index is 1.87.